The zero-order chi connectivity index (χ0) is 44.6. The molecule has 61 heavy (non-hydrogen) atoms. The number of allylic oxidation sites excluding steroid dienone is 10. The van der Waals surface area contributed by atoms with Crippen molar-refractivity contribution in [1.29, 1.82) is 0 Å². The van der Waals surface area contributed by atoms with Crippen molar-refractivity contribution in [3.63, 3.8) is 0 Å². The van der Waals surface area contributed by atoms with Crippen molar-refractivity contribution in [2.75, 3.05) is 26.4 Å². The fourth-order valence-electron chi connectivity index (χ4n) is 6.78. The molecule has 2 unspecified atom stereocenters. The van der Waals surface area contributed by atoms with Gasteiger partial charge in [-0.2, -0.15) is 0 Å². The van der Waals surface area contributed by atoms with Crippen molar-refractivity contribution < 1.29 is 37.6 Å². The van der Waals surface area contributed by atoms with Gasteiger partial charge in [-0.1, -0.05) is 209 Å². The average molecular weight is 878 g/mol. The Morgan fingerprint density at radius 3 is 1.34 bits per heavy atom. The average Bonchev–Trinajstić information content (AvgIpc) is 3.25. The third-order valence-corrected chi connectivity index (χ3v) is 11.4. The summed E-state index contributed by atoms with van der Waals surface area (Å²) in [7, 11) is -4.39. The summed E-state index contributed by atoms with van der Waals surface area (Å²) >= 11 is 0. The van der Waals surface area contributed by atoms with E-state index in [4.69, 9.17) is 24.3 Å². The third kappa shape index (κ3) is 47.0. The molecule has 9 nitrogen and oxygen atoms in total. The minimum atomic E-state index is -4.39. The lowest BCUT2D eigenvalue weighted by atomic mass is 10.0. The maximum absolute atomic E-state index is 12.6. The molecule has 3 N–H and O–H groups in total. The first-order valence-electron chi connectivity index (χ1n) is 24.8. The van der Waals surface area contributed by atoms with Gasteiger partial charge in [-0.15, -0.1) is 0 Å². The van der Waals surface area contributed by atoms with E-state index in [1.165, 1.54) is 109 Å². The normalized spacial score (nSPS) is 13.7. The van der Waals surface area contributed by atoms with E-state index in [1.807, 2.05) is 0 Å². The van der Waals surface area contributed by atoms with E-state index in [0.717, 1.165) is 70.6 Å². The predicted octanol–water partition coefficient (Wildman–Crippen LogP) is 14.8. The summed E-state index contributed by atoms with van der Waals surface area (Å²) in [6.07, 6.45) is 56.9. The number of rotatable bonds is 46. The highest BCUT2D eigenvalue weighted by Gasteiger charge is 2.26. The number of esters is 2. The van der Waals surface area contributed by atoms with Gasteiger partial charge in [-0.25, -0.2) is 4.57 Å². The minimum absolute atomic E-state index is 0.0474. The van der Waals surface area contributed by atoms with Crippen LogP contribution in [-0.4, -0.2) is 49.3 Å². The molecule has 0 fully saturated rings. The van der Waals surface area contributed by atoms with Crippen molar-refractivity contribution >= 4 is 19.8 Å². The van der Waals surface area contributed by atoms with Crippen molar-refractivity contribution in [3.05, 3.63) is 60.8 Å². The summed E-state index contributed by atoms with van der Waals surface area (Å²) in [5.41, 5.74) is 5.36. The fraction of sp³-hybridized carbons (Fsp3) is 0.765. The van der Waals surface area contributed by atoms with Crippen LogP contribution in [0.4, 0.5) is 0 Å². The Labute approximate surface area is 374 Å². The SMILES string of the molecule is CCC=CCC=CCC=CCC=CCC=CCCCCCC(=O)OCC(COP(=O)(O)OCCN)OC(=O)CCCCCCCCCCCCCCCCCCCCCCC. The van der Waals surface area contributed by atoms with Gasteiger partial charge in [0.05, 0.1) is 13.2 Å². The second kappa shape index (κ2) is 47.2. The van der Waals surface area contributed by atoms with Gasteiger partial charge in [0, 0.05) is 19.4 Å². The van der Waals surface area contributed by atoms with Gasteiger partial charge in [0.1, 0.15) is 6.61 Å². The molecular formula is C51H92NO8P. The number of ether oxygens (including phenoxy) is 2. The van der Waals surface area contributed by atoms with Crippen LogP contribution in [-0.2, 0) is 32.7 Å². The monoisotopic (exact) mass is 878 g/mol. The molecule has 0 bridgehead atoms. The van der Waals surface area contributed by atoms with Crippen LogP contribution < -0.4 is 5.73 Å². The van der Waals surface area contributed by atoms with Crippen LogP contribution in [0.2, 0.25) is 0 Å². The molecule has 0 saturated carbocycles. The van der Waals surface area contributed by atoms with Crippen molar-refractivity contribution in [2.24, 2.45) is 5.73 Å². The van der Waals surface area contributed by atoms with Crippen LogP contribution in [0.3, 0.4) is 0 Å². The lowest BCUT2D eigenvalue weighted by molar-refractivity contribution is -0.161. The third-order valence-electron chi connectivity index (χ3n) is 10.4. The second-order valence-corrected chi connectivity index (χ2v) is 17.8. The Hall–Kier alpha value is -2.29. The first kappa shape index (κ1) is 58.7. The van der Waals surface area contributed by atoms with E-state index in [9.17, 15) is 19.0 Å². The number of carbonyl (C=O) groups is 2. The van der Waals surface area contributed by atoms with E-state index >= 15 is 0 Å². The largest absolute Gasteiger partial charge is 0.472 e. The van der Waals surface area contributed by atoms with Crippen LogP contribution in [0.1, 0.15) is 219 Å². The molecule has 0 amide bonds. The Morgan fingerprint density at radius 2 is 0.902 bits per heavy atom. The van der Waals surface area contributed by atoms with Gasteiger partial charge in [0.15, 0.2) is 6.10 Å². The van der Waals surface area contributed by atoms with E-state index in [0.29, 0.717) is 12.8 Å². The van der Waals surface area contributed by atoms with Gasteiger partial charge in [0.25, 0.3) is 0 Å². The Balaban J connectivity index is 4.11. The molecule has 0 radical (unpaired) electrons. The fourth-order valence-corrected chi connectivity index (χ4v) is 7.55. The molecule has 0 aromatic rings. The van der Waals surface area contributed by atoms with Crippen LogP contribution >= 0.6 is 7.82 Å². The minimum Gasteiger partial charge on any atom is -0.462 e. The molecule has 2 atom stereocenters. The predicted molar refractivity (Wildman–Crippen MR) is 256 cm³/mol. The highest BCUT2D eigenvalue weighted by atomic mass is 31.2. The second-order valence-electron chi connectivity index (χ2n) is 16.3. The van der Waals surface area contributed by atoms with Gasteiger partial charge in [-0.05, 0) is 57.8 Å². The molecule has 0 aromatic heterocycles. The Bertz CT molecular complexity index is 1180. The molecule has 0 rings (SSSR count). The number of nitrogens with two attached hydrogens (primary N) is 1. The van der Waals surface area contributed by atoms with Gasteiger partial charge < -0.3 is 20.1 Å². The molecule has 354 valence electrons. The van der Waals surface area contributed by atoms with E-state index < -0.39 is 32.5 Å². The number of phosphoric acid groups is 1. The maximum atomic E-state index is 12.6. The van der Waals surface area contributed by atoms with E-state index in [2.05, 4.69) is 74.6 Å². The number of carbonyl (C=O) groups excluding carboxylic acids is 2. The highest BCUT2D eigenvalue weighted by molar-refractivity contribution is 7.47. The van der Waals surface area contributed by atoms with Crippen LogP contribution in [0, 0.1) is 0 Å². The summed E-state index contributed by atoms with van der Waals surface area (Å²) in [5, 5.41) is 0. The first-order valence-corrected chi connectivity index (χ1v) is 26.3. The zero-order valence-corrected chi connectivity index (χ0v) is 40.0. The maximum Gasteiger partial charge on any atom is 0.472 e. The van der Waals surface area contributed by atoms with Crippen molar-refractivity contribution in [2.45, 2.75) is 225 Å². The summed E-state index contributed by atoms with van der Waals surface area (Å²) in [5.74, 6) is -0.861. The van der Waals surface area contributed by atoms with Gasteiger partial charge in [-0.3, -0.25) is 18.6 Å². The van der Waals surface area contributed by atoms with Crippen LogP contribution in [0.15, 0.2) is 60.8 Å². The highest BCUT2D eigenvalue weighted by Crippen LogP contribution is 2.43. The zero-order valence-electron chi connectivity index (χ0n) is 39.1. The summed E-state index contributed by atoms with van der Waals surface area (Å²) in [4.78, 5) is 35.0. The number of hydrogen-bond donors (Lipinski definition) is 2. The van der Waals surface area contributed by atoms with Crippen molar-refractivity contribution in [1.82, 2.24) is 0 Å². The molecule has 0 aliphatic heterocycles. The summed E-state index contributed by atoms with van der Waals surface area (Å²) in [6, 6.07) is 0. The smallest absolute Gasteiger partial charge is 0.462 e. The lowest BCUT2D eigenvalue weighted by Crippen LogP contribution is -2.29. The lowest BCUT2D eigenvalue weighted by Gasteiger charge is -2.19. The number of hydrogen-bond acceptors (Lipinski definition) is 8. The molecular weight excluding hydrogens is 786 g/mol. The molecule has 0 aliphatic rings. The number of unbranched alkanes of at least 4 members (excludes halogenated alkanes) is 23. The molecule has 0 saturated heterocycles. The molecule has 0 aliphatic carbocycles. The van der Waals surface area contributed by atoms with E-state index in [1.54, 1.807) is 0 Å². The Morgan fingerprint density at radius 1 is 0.508 bits per heavy atom. The van der Waals surface area contributed by atoms with Crippen LogP contribution in [0.5, 0.6) is 0 Å². The molecule has 0 heterocycles. The van der Waals surface area contributed by atoms with Crippen LogP contribution in [0.25, 0.3) is 0 Å². The number of phosphoric ester groups is 1. The Kier molecular flexibility index (Phi) is 45.4. The first-order chi connectivity index (χ1) is 29.8. The molecule has 0 spiro atoms. The van der Waals surface area contributed by atoms with Crippen molar-refractivity contribution in [3.8, 4) is 0 Å². The molecule has 10 heteroatoms. The van der Waals surface area contributed by atoms with E-state index in [-0.39, 0.29) is 32.6 Å². The summed E-state index contributed by atoms with van der Waals surface area (Å²) in [6.45, 7) is 3.61. The van der Waals surface area contributed by atoms with Gasteiger partial charge >= 0.3 is 19.8 Å². The van der Waals surface area contributed by atoms with Gasteiger partial charge in [0.2, 0.25) is 0 Å². The standard InChI is InChI=1S/C51H92NO8P/c1-3-5-7-9-11-13-15-17-19-21-23-24-26-28-30-32-34-36-38-40-42-44-51(54)60-49(48-59-61(55,56)58-46-45-52)47-57-50(53)43-41-39-37-35-33-31-29-27-25-22-20-18-16-14-12-10-8-6-4-2/h6,8,12,14,18,20,25,27,31,33,49H,3-5,7,9-11,13,15-17,19,21-24,26,28-30,32,34-48,52H2,1-2H3,(H,55,56). The quantitative estimate of drug-likeness (QED) is 0.0265. The molecule has 0 aromatic carbocycles. The summed E-state index contributed by atoms with van der Waals surface area (Å²) < 4.78 is 32.9. The topological polar surface area (TPSA) is 134 Å².